The lowest BCUT2D eigenvalue weighted by molar-refractivity contribution is -0.125. The van der Waals surface area contributed by atoms with Gasteiger partial charge in [0.25, 0.3) is 0 Å². The molecule has 102 valence electrons. The van der Waals surface area contributed by atoms with Crippen molar-refractivity contribution in [2.75, 3.05) is 0 Å². The average molecular weight is 285 g/mol. The molecule has 0 unspecified atom stereocenters. The van der Waals surface area contributed by atoms with Crippen LogP contribution in [-0.4, -0.2) is 38.1 Å². The fraction of sp³-hybridized carbons (Fsp3) is 0.750. The van der Waals surface area contributed by atoms with Crippen LogP contribution in [0.5, 0.6) is 0 Å². The van der Waals surface area contributed by atoms with Crippen LogP contribution in [0, 0.1) is 0 Å². The van der Waals surface area contributed by atoms with E-state index in [9.17, 15) is 9.59 Å². The third-order valence-corrected chi connectivity index (χ3v) is 9.58. The summed E-state index contributed by atoms with van der Waals surface area (Å²) in [6.45, 7) is 13.5. The second-order valence-corrected chi connectivity index (χ2v) is 16.8. The maximum absolute atomic E-state index is 11.8. The first-order valence-electron chi connectivity index (χ1n) is 6.44. The Kier molecular flexibility index (Phi) is 4.32. The van der Waals surface area contributed by atoms with Gasteiger partial charge in [0, 0.05) is 12.8 Å². The molecule has 1 rings (SSSR count). The van der Waals surface area contributed by atoms with E-state index in [0.717, 1.165) is 0 Å². The Bertz CT molecular complexity index is 378. The molecule has 0 aromatic heterocycles. The van der Waals surface area contributed by atoms with Crippen LogP contribution >= 0.6 is 0 Å². The molecule has 0 heterocycles. The average Bonchev–Trinajstić information content (AvgIpc) is 2.12. The third-order valence-electron chi connectivity index (χ3n) is 2.81. The number of hydrogen-bond acceptors (Lipinski definition) is 4. The molecular formula is C12H24N2O2Si2. The number of carbonyl (C=O) groups excluding carboxylic acids is 2. The summed E-state index contributed by atoms with van der Waals surface area (Å²) in [5, 5.41) is 4.67. The molecule has 0 N–H and O–H groups in total. The summed E-state index contributed by atoms with van der Waals surface area (Å²) < 4.78 is 2.24. The highest BCUT2D eigenvalue weighted by atomic mass is 28.4. The van der Waals surface area contributed by atoms with E-state index in [1.807, 2.05) is 0 Å². The Hall–Kier alpha value is -0.756. The molecule has 6 heteroatoms. The van der Waals surface area contributed by atoms with Crippen molar-refractivity contribution in [3.05, 3.63) is 0 Å². The maximum atomic E-state index is 11.8. The molecule has 1 aliphatic rings. The molecule has 0 saturated heterocycles. The molecule has 0 spiro atoms. The van der Waals surface area contributed by atoms with Crippen molar-refractivity contribution in [2.24, 2.45) is 5.10 Å². The van der Waals surface area contributed by atoms with E-state index < -0.39 is 16.5 Å². The van der Waals surface area contributed by atoms with E-state index in [1.54, 1.807) is 0 Å². The van der Waals surface area contributed by atoms with Gasteiger partial charge in [-0.25, -0.2) is 0 Å². The molecule has 0 aliphatic heterocycles. The fourth-order valence-corrected chi connectivity index (χ4v) is 11.2. The summed E-state index contributed by atoms with van der Waals surface area (Å²) in [5.74, 6) is -0.0285. The summed E-state index contributed by atoms with van der Waals surface area (Å²) in [6, 6.07) is 0. The molecular weight excluding hydrogens is 260 g/mol. The number of Topliss-reactive ketones (excluding diaryl/α,β-unsaturated/α-hetero) is 2. The number of rotatable bonds is 3. The SMILES string of the molecule is C[Si](C)(C)N(N=C1CCC(=O)CC1=O)[Si](C)(C)C. The summed E-state index contributed by atoms with van der Waals surface area (Å²) in [5.41, 5.74) is 0.611. The minimum atomic E-state index is -1.58. The van der Waals surface area contributed by atoms with Gasteiger partial charge >= 0.3 is 0 Å². The normalized spacial score (nSPS) is 20.4. The van der Waals surface area contributed by atoms with Crippen LogP contribution in [-0.2, 0) is 9.59 Å². The van der Waals surface area contributed by atoms with Crippen LogP contribution in [0.2, 0.25) is 39.3 Å². The van der Waals surface area contributed by atoms with E-state index in [0.29, 0.717) is 18.6 Å². The molecule has 0 radical (unpaired) electrons. The van der Waals surface area contributed by atoms with Gasteiger partial charge in [-0.1, -0.05) is 39.3 Å². The molecule has 1 fully saturated rings. The lowest BCUT2D eigenvalue weighted by Crippen LogP contribution is -2.56. The zero-order valence-electron chi connectivity index (χ0n) is 12.3. The second kappa shape index (κ2) is 5.09. The molecule has 0 amide bonds. The van der Waals surface area contributed by atoms with Gasteiger partial charge in [-0.15, -0.1) is 0 Å². The van der Waals surface area contributed by atoms with E-state index >= 15 is 0 Å². The molecule has 0 bridgehead atoms. The van der Waals surface area contributed by atoms with Crippen LogP contribution in [0.3, 0.4) is 0 Å². The summed E-state index contributed by atoms with van der Waals surface area (Å²) in [4.78, 5) is 23.1. The lowest BCUT2D eigenvalue weighted by Gasteiger charge is -2.42. The van der Waals surface area contributed by atoms with E-state index in [2.05, 4.69) is 48.7 Å². The first-order chi connectivity index (χ1) is 8.01. The number of hydrazone groups is 1. The fourth-order valence-electron chi connectivity index (χ4n) is 2.30. The topological polar surface area (TPSA) is 49.7 Å². The van der Waals surface area contributed by atoms with Gasteiger partial charge in [-0.05, 0) is 0 Å². The largest absolute Gasteiger partial charge is 0.349 e. The number of nitrogens with zero attached hydrogens (tertiary/aromatic N) is 2. The lowest BCUT2D eigenvalue weighted by atomic mass is 9.96. The quantitative estimate of drug-likeness (QED) is 0.455. The zero-order chi connectivity index (χ0) is 14.1. The summed E-state index contributed by atoms with van der Waals surface area (Å²) >= 11 is 0. The van der Waals surface area contributed by atoms with Gasteiger partial charge in [0.15, 0.2) is 22.3 Å². The Labute approximate surface area is 112 Å². The van der Waals surface area contributed by atoms with Crippen LogP contribution in [0.15, 0.2) is 5.10 Å². The van der Waals surface area contributed by atoms with Crippen molar-refractivity contribution >= 4 is 33.7 Å². The molecule has 1 aliphatic carbocycles. The van der Waals surface area contributed by atoms with Crippen molar-refractivity contribution in [3.63, 3.8) is 0 Å². The van der Waals surface area contributed by atoms with E-state index in [4.69, 9.17) is 0 Å². The van der Waals surface area contributed by atoms with Crippen LogP contribution in [0.1, 0.15) is 19.3 Å². The first-order valence-corrected chi connectivity index (χ1v) is 13.3. The minimum Gasteiger partial charge on any atom is -0.349 e. The van der Waals surface area contributed by atoms with Crippen molar-refractivity contribution < 1.29 is 9.59 Å². The Morgan fingerprint density at radius 2 is 1.44 bits per heavy atom. The third kappa shape index (κ3) is 3.88. The molecule has 1 saturated carbocycles. The summed E-state index contributed by atoms with van der Waals surface area (Å²) in [6.07, 6.45) is 1.03. The van der Waals surface area contributed by atoms with Crippen molar-refractivity contribution in [1.29, 1.82) is 0 Å². The Morgan fingerprint density at radius 3 is 1.83 bits per heavy atom. The Morgan fingerprint density at radius 1 is 0.944 bits per heavy atom. The maximum Gasteiger partial charge on any atom is 0.186 e. The van der Waals surface area contributed by atoms with Gasteiger partial charge in [0.05, 0.1) is 6.42 Å². The molecule has 18 heavy (non-hydrogen) atoms. The smallest absolute Gasteiger partial charge is 0.186 e. The standard InChI is InChI=1S/C12H24N2O2Si2/c1-17(2,3)14(18(4,5)6)13-11-8-7-10(15)9-12(11)16/h7-9H2,1-6H3. The van der Waals surface area contributed by atoms with Gasteiger partial charge in [-0.2, -0.15) is 5.10 Å². The monoisotopic (exact) mass is 284 g/mol. The van der Waals surface area contributed by atoms with Gasteiger partial charge < -0.3 is 4.34 Å². The highest BCUT2D eigenvalue weighted by molar-refractivity contribution is 6.89. The second-order valence-electron chi connectivity index (χ2n) is 6.84. The van der Waals surface area contributed by atoms with Crippen molar-refractivity contribution in [3.8, 4) is 0 Å². The molecule has 0 aromatic carbocycles. The minimum absolute atomic E-state index is 0.0457. The van der Waals surface area contributed by atoms with Gasteiger partial charge in [-0.3, -0.25) is 9.59 Å². The van der Waals surface area contributed by atoms with Gasteiger partial charge in [0.1, 0.15) is 11.5 Å². The van der Waals surface area contributed by atoms with E-state index in [1.165, 1.54) is 0 Å². The van der Waals surface area contributed by atoms with Crippen molar-refractivity contribution in [1.82, 2.24) is 4.34 Å². The molecule has 4 nitrogen and oxygen atoms in total. The van der Waals surface area contributed by atoms with Crippen LogP contribution in [0.25, 0.3) is 0 Å². The number of carbonyl (C=O) groups is 2. The van der Waals surface area contributed by atoms with Gasteiger partial charge in [0.2, 0.25) is 0 Å². The van der Waals surface area contributed by atoms with E-state index in [-0.39, 0.29) is 18.0 Å². The summed E-state index contributed by atoms with van der Waals surface area (Å²) in [7, 11) is -3.16. The predicted octanol–water partition coefficient (Wildman–Crippen LogP) is 2.64. The first kappa shape index (κ1) is 15.3. The molecule has 0 atom stereocenters. The highest BCUT2D eigenvalue weighted by Gasteiger charge is 2.35. The number of hydrogen-bond donors (Lipinski definition) is 0. The zero-order valence-corrected chi connectivity index (χ0v) is 14.3. The van der Waals surface area contributed by atoms with Crippen LogP contribution in [0.4, 0.5) is 0 Å². The Balaban J connectivity index is 3.03. The number of ketones is 2. The highest BCUT2D eigenvalue weighted by Crippen LogP contribution is 2.22. The van der Waals surface area contributed by atoms with Crippen molar-refractivity contribution in [2.45, 2.75) is 58.5 Å². The predicted molar refractivity (Wildman–Crippen MR) is 79.8 cm³/mol. The molecule has 0 aromatic rings. The van der Waals surface area contributed by atoms with Crippen LogP contribution < -0.4 is 0 Å².